The van der Waals surface area contributed by atoms with Gasteiger partial charge >= 0.3 is 0 Å². The Hall–Kier alpha value is -1.50. The molecular weight excluding hydrogens is 310 g/mol. The van der Waals surface area contributed by atoms with Crippen LogP contribution in [0.3, 0.4) is 0 Å². The van der Waals surface area contributed by atoms with E-state index in [0.29, 0.717) is 12.7 Å². The highest BCUT2D eigenvalue weighted by molar-refractivity contribution is 7.11. The van der Waals surface area contributed by atoms with E-state index >= 15 is 0 Å². The Kier molecular flexibility index (Phi) is 5.96. The summed E-state index contributed by atoms with van der Waals surface area (Å²) in [6, 6.07) is 9.94. The van der Waals surface area contributed by atoms with Crippen LogP contribution >= 0.6 is 11.3 Å². The van der Waals surface area contributed by atoms with Crippen LogP contribution in [-0.2, 0) is 11.3 Å². The molecule has 1 aromatic heterocycles. The Labute approximate surface area is 141 Å². The van der Waals surface area contributed by atoms with Gasteiger partial charge in [0.1, 0.15) is 22.4 Å². The largest absolute Gasteiger partial charge is 0.492 e. The van der Waals surface area contributed by atoms with Crippen molar-refractivity contribution in [1.82, 2.24) is 15.1 Å². The number of aryl methyl sites for hydroxylation is 1. The first kappa shape index (κ1) is 16.4. The Morgan fingerprint density at radius 3 is 2.87 bits per heavy atom. The van der Waals surface area contributed by atoms with Gasteiger partial charge < -0.3 is 9.47 Å². The average Bonchev–Trinajstić information content (AvgIpc) is 3.20. The second-order valence-electron chi connectivity index (χ2n) is 5.75. The Morgan fingerprint density at radius 2 is 2.17 bits per heavy atom. The standard InChI is InChI=1S/C17H23N3O2S/c1-14-18-19-17(23-14)13-20(12-16-8-5-10-21-16)9-11-22-15-6-3-2-4-7-15/h2-4,6-7,16H,5,8-13H2,1H3/t16-/m1/s1. The third-order valence-corrected chi connectivity index (χ3v) is 4.66. The number of nitrogens with zero attached hydrogens (tertiary/aromatic N) is 3. The van der Waals surface area contributed by atoms with Crippen molar-refractivity contribution in [3.05, 3.63) is 40.3 Å². The highest BCUT2D eigenvalue weighted by atomic mass is 32.1. The molecule has 124 valence electrons. The van der Waals surface area contributed by atoms with Crippen LogP contribution in [0.1, 0.15) is 22.9 Å². The smallest absolute Gasteiger partial charge is 0.131 e. The van der Waals surface area contributed by atoms with Crippen molar-refractivity contribution >= 4 is 11.3 Å². The molecule has 1 aliphatic rings. The molecule has 6 heteroatoms. The summed E-state index contributed by atoms with van der Waals surface area (Å²) in [6.45, 7) is 6.13. The van der Waals surface area contributed by atoms with E-state index < -0.39 is 0 Å². The van der Waals surface area contributed by atoms with Crippen LogP contribution in [-0.4, -0.2) is 47.5 Å². The molecule has 1 aliphatic heterocycles. The summed E-state index contributed by atoms with van der Waals surface area (Å²) in [5.74, 6) is 0.913. The van der Waals surface area contributed by atoms with Gasteiger partial charge in [-0.1, -0.05) is 18.2 Å². The normalized spacial score (nSPS) is 17.7. The van der Waals surface area contributed by atoms with Gasteiger partial charge in [-0.15, -0.1) is 21.5 Å². The molecule has 1 atom stereocenters. The number of hydrogen-bond acceptors (Lipinski definition) is 6. The van der Waals surface area contributed by atoms with Crippen molar-refractivity contribution in [2.24, 2.45) is 0 Å². The van der Waals surface area contributed by atoms with Crippen LogP contribution in [0.15, 0.2) is 30.3 Å². The lowest BCUT2D eigenvalue weighted by Crippen LogP contribution is -2.35. The second kappa shape index (κ2) is 8.38. The fourth-order valence-electron chi connectivity index (χ4n) is 2.71. The molecule has 0 aliphatic carbocycles. The number of ether oxygens (including phenoxy) is 2. The van der Waals surface area contributed by atoms with Gasteiger partial charge in [0.15, 0.2) is 0 Å². The van der Waals surface area contributed by atoms with Crippen LogP contribution in [0.5, 0.6) is 5.75 Å². The molecule has 1 aromatic carbocycles. The fraction of sp³-hybridized carbons (Fsp3) is 0.529. The number of aromatic nitrogens is 2. The molecule has 2 heterocycles. The minimum Gasteiger partial charge on any atom is -0.492 e. The van der Waals surface area contributed by atoms with Gasteiger partial charge in [-0.05, 0) is 31.9 Å². The van der Waals surface area contributed by atoms with E-state index in [1.54, 1.807) is 11.3 Å². The minimum absolute atomic E-state index is 0.334. The zero-order chi connectivity index (χ0) is 15.9. The van der Waals surface area contributed by atoms with Crippen molar-refractivity contribution in [2.45, 2.75) is 32.4 Å². The van der Waals surface area contributed by atoms with Crippen LogP contribution in [0.25, 0.3) is 0 Å². The zero-order valence-electron chi connectivity index (χ0n) is 13.5. The zero-order valence-corrected chi connectivity index (χ0v) is 14.3. The molecule has 0 amide bonds. The first-order valence-electron chi connectivity index (χ1n) is 8.10. The van der Waals surface area contributed by atoms with E-state index in [2.05, 4.69) is 15.1 Å². The quantitative estimate of drug-likeness (QED) is 0.743. The SMILES string of the molecule is Cc1nnc(CN(CCOc2ccccc2)C[C@H]2CCCO2)s1. The molecule has 0 saturated carbocycles. The lowest BCUT2D eigenvalue weighted by molar-refractivity contribution is 0.0653. The van der Waals surface area contributed by atoms with E-state index in [9.17, 15) is 0 Å². The van der Waals surface area contributed by atoms with Gasteiger partial charge in [-0.2, -0.15) is 0 Å². The predicted octanol–water partition coefficient (Wildman–Crippen LogP) is 2.91. The molecule has 0 radical (unpaired) electrons. The Bertz CT molecular complexity index is 585. The van der Waals surface area contributed by atoms with Crippen molar-refractivity contribution in [3.63, 3.8) is 0 Å². The Balaban J connectivity index is 1.53. The molecule has 0 bridgehead atoms. The Morgan fingerprint density at radius 1 is 1.30 bits per heavy atom. The summed E-state index contributed by atoms with van der Waals surface area (Å²) in [5, 5.41) is 10.4. The summed E-state index contributed by atoms with van der Waals surface area (Å²) < 4.78 is 11.6. The summed E-state index contributed by atoms with van der Waals surface area (Å²) in [7, 11) is 0. The first-order valence-corrected chi connectivity index (χ1v) is 8.92. The average molecular weight is 333 g/mol. The maximum absolute atomic E-state index is 5.83. The number of rotatable bonds is 8. The predicted molar refractivity (Wildman–Crippen MR) is 90.8 cm³/mol. The topological polar surface area (TPSA) is 47.5 Å². The van der Waals surface area contributed by atoms with E-state index in [1.165, 1.54) is 0 Å². The lowest BCUT2D eigenvalue weighted by Gasteiger charge is -2.24. The van der Waals surface area contributed by atoms with E-state index in [0.717, 1.165) is 54.8 Å². The summed E-state index contributed by atoms with van der Waals surface area (Å²) in [4.78, 5) is 2.36. The van der Waals surface area contributed by atoms with E-state index in [-0.39, 0.29) is 0 Å². The van der Waals surface area contributed by atoms with Gasteiger partial charge in [0.2, 0.25) is 0 Å². The van der Waals surface area contributed by atoms with Crippen molar-refractivity contribution < 1.29 is 9.47 Å². The van der Waals surface area contributed by atoms with Crippen LogP contribution in [0.2, 0.25) is 0 Å². The second-order valence-corrected chi connectivity index (χ2v) is 7.01. The maximum atomic E-state index is 5.83. The van der Waals surface area contributed by atoms with Gasteiger partial charge in [0.25, 0.3) is 0 Å². The highest BCUT2D eigenvalue weighted by Gasteiger charge is 2.20. The number of hydrogen-bond donors (Lipinski definition) is 0. The third-order valence-electron chi connectivity index (χ3n) is 3.83. The molecule has 5 nitrogen and oxygen atoms in total. The molecule has 2 aromatic rings. The molecule has 0 unspecified atom stereocenters. The van der Waals surface area contributed by atoms with Crippen molar-refractivity contribution in [3.8, 4) is 5.75 Å². The minimum atomic E-state index is 0.334. The molecule has 3 rings (SSSR count). The molecule has 1 fully saturated rings. The summed E-state index contributed by atoms with van der Waals surface area (Å²) in [5.41, 5.74) is 0. The highest BCUT2D eigenvalue weighted by Crippen LogP contribution is 2.17. The van der Waals surface area contributed by atoms with Crippen molar-refractivity contribution in [1.29, 1.82) is 0 Å². The van der Waals surface area contributed by atoms with Crippen LogP contribution in [0, 0.1) is 6.92 Å². The van der Waals surface area contributed by atoms with Crippen LogP contribution in [0.4, 0.5) is 0 Å². The van der Waals surface area contributed by atoms with Crippen LogP contribution < -0.4 is 4.74 Å². The van der Waals surface area contributed by atoms with Gasteiger partial charge in [-0.3, -0.25) is 4.90 Å². The number of para-hydroxylation sites is 1. The fourth-order valence-corrected chi connectivity index (χ4v) is 3.46. The monoisotopic (exact) mass is 333 g/mol. The van der Waals surface area contributed by atoms with Gasteiger partial charge in [0, 0.05) is 19.7 Å². The molecule has 0 N–H and O–H groups in total. The first-order chi connectivity index (χ1) is 11.3. The number of benzene rings is 1. The van der Waals surface area contributed by atoms with E-state index in [4.69, 9.17) is 9.47 Å². The molecule has 1 saturated heterocycles. The third kappa shape index (κ3) is 5.27. The van der Waals surface area contributed by atoms with E-state index in [1.807, 2.05) is 37.3 Å². The van der Waals surface area contributed by atoms with Crippen molar-refractivity contribution in [2.75, 3.05) is 26.3 Å². The molecule has 0 spiro atoms. The molecular formula is C17H23N3O2S. The summed E-state index contributed by atoms with van der Waals surface area (Å²) >= 11 is 1.66. The lowest BCUT2D eigenvalue weighted by atomic mass is 10.2. The van der Waals surface area contributed by atoms with Gasteiger partial charge in [-0.25, -0.2) is 0 Å². The summed E-state index contributed by atoms with van der Waals surface area (Å²) in [6.07, 6.45) is 2.64. The maximum Gasteiger partial charge on any atom is 0.131 e. The molecule has 23 heavy (non-hydrogen) atoms. The van der Waals surface area contributed by atoms with Gasteiger partial charge in [0.05, 0.1) is 12.6 Å².